The second-order valence-corrected chi connectivity index (χ2v) is 12.2. The summed E-state index contributed by atoms with van der Waals surface area (Å²) in [7, 11) is 0.946. The van der Waals surface area contributed by atoms with Gasteiger partial charge in [-0.1, -0.05) is 57.0 Å². The second kappa shape index (κ2) is 14.3. The van der Waals surface area contributed by atoms with Crippen LogP contribution < -0.4 is 9.64 Å². The predicted molar refractivity (Wildman–Crippen MR) is 156 cm³/mol. The average Bonchev–Trinajstić information content (AvgIpc) is 2.93. The van der Waals surface area contributed by atoms with E-state index < -0.39 is 59.6 Å². The first-order valence-corrected chi connectivity index (χ1v) is 14.5. The van der Waals surface area contributed by atoms with Crippen molar-refractivity contribution < 1.29 is 46.2 Å². The molecule has 0 aliphatic carbocycles. The molecule has 0 unspecified atom stereocenters. The van der Waals surface area contributed by atoms with Gasteiger partial charge < -0.3 is 19.1 Å². The van der Waals surface area contributed by atoms with E-state index in [4.69, 9.17) is 9.47 Å². The van der Waals surface area contributed by atoms with Crippen molar-refractivity contribution in [3.8, 4) is 5.75 Å². The van der Waals surface area contributed by atoms with Crippen molar-refractivity contribution in [2.75, 3.05) is 18.6 Å². The smallest absolute Gasteiger partial charge is 0.471 e. The average molecular weight is 625 g/mol. The Hall–Kier alpha value is -3.83. The van der Waals surface area contributed by atoms with Crippen molar-refractivity contribution in [2.24, 2.45) is 5.92 Å². The van der Waals surface area contributed by atoms with Crippen LogP contribution in [0.2, 0.25) is 0 Å². The van der Waals surface area contributed by atoms with Crippen molar-refractivity contribution in [3.63, 3.8) is 0 Å². The number of alkyl halides is 3. The van der Waals surface area contributed by atoms with Crippen molar-refractivity contribution in [3.05, 3.63) is 58.9 Å². The van der Waals surface area contributed by atoms with Crippen LogP contribution in [0.15, 0.2) is 36.4 Å². The van der Waals surface area contributed by atoms with Gasteiger partial charge in [0.1, 0.15) is 30.2 Å². The summed E-state index contributed by atoms with van der Waals surface area (Å²) in [5.74, 6) is -4.78. The zero-order valence-electron chi connectivity index (χ0n) is 25.9. The fourth-order valence-electron chi connectivity index (χ4n) is 4.98. The maximum atomic E-state index is 16.6. The van der Waals surface area contributed by atoms with Gasteiger partial charge in [0.2, 0.25) is 0 Å². The lowest BCUT2D eigenvalue weighted by Gasteiger charge is -2.39. The molecule has 0 fully saturated rings. The number of methoxy groups -OCH3 is 1. The Labute approximate surface area is 255 Å². The van der Waals surface area contributed by atoms with E-state index in [0.717, 1.165) is 13.5 Å². The Bertz CT molecular complexity index is 1320. The standard InChI is InChI=1S/C32H40F4N2O6/c1-20(2)11-10-14-23-16-24-22(17-37(23)30(41)44-31(3,4)5)15-25(43-19-21-12-8-7-9-13-21)28(27(24)33)38(18-26(39)42-6)29(40)32(34,35)36/h7-9,12-13,15,20,23H,10-11,14,16-19H2,1-6H3/t23-/m0/s1. The minimum atomic E-state index is -5.43. The van der Waals surface area contributed by atoms with Crippen molar-refractivity contribution in [1.82, 2.24) is 4.90 Å². The molecule has 12 heteroatoms. The van der Waals surface area contributed by atoms with Gasteiger partial charge >= 0.3 is 24.1 Å². The largest absolute Gasteiger partial charge is 0.487 e. The van der Waals surface area contributed by atoms with Gasteiger partial charge in [-0.3, -0.25) is 14.5 Å². The molecule has 0 N–H and O–H groups in total. The monoisotopic (exact) mass is 624 g/mol. The van der Waals surface area contributed by atoms with E-state index in [0.29, 0.717) is 24.3 Å². The predicted octanol–water partition coefficient (Wildman–Crippen LogP) is 6.96. The third-order valence-corrected chi connectivity index (χ3v) is 7.08. The van der Waals surface area contributed by atoms with Crippen molar-refractivity contribution >= 4 is 23.7 Å². The van der Waals surface area contributed by atoms with E-state index in [1.165, 1.54) is 11.0 Å². The molecule has 1 atom stereocenters. The van der Waals surface area contributed by atoms with Gasteiger partial charge in [-0.05, 0) is 62.3 Å². The molecular formula is C32H40F4N2O6. The van der Waals surface area contributed by atoms with E-state index >= 15 is 4.39 Å². The van der Waals surface area contributed by atoms with E-state index in [1.807, 2.05) is 0 Å². The molecule has 2 aromatic carbocycles. The number of hydrogen-bond donors (Lipinski definition) is 0. The molecular weight excluding hydrogens is 584 g/mol. The quantitative estimate of drug-likeness (QED) is 0.210. The molecule has 2 amide bonds. The van der Waals surface area contributed by atoms with Gasteiger partial charge in [-0.15, -0.1) is 0 Å². The number of ether oxygens (including phenoxy) is 3. The number of anilines is 1. The molecule has 0 spiro atoms. The lowest BCUT2D eigenvalue weighted by Crippen LogP contribution is -2.47. The first kappa shape index (κ1) is 34.7. The topological polar surface area (TPSA) is 85.4 Å². The van der Waals surface area contributed by atoms with Crippen LogP contribution in [-0.4, -0.2) is 54.3 Å². The van der Waals surface area contributed by atoms with Crippen LogP contribution in [0.3, 0.4) is 0 Å². The maximum Gasteiger partial charge on any atom is 0.471 e. The number of carbonyl (C=O) groups is 3. The lowest BCUT2D eigenvalue weighted by molar-refractivity contribution is -0.171. The lowest BCUT2D eigenvalue weighted by atomic mass is 9.89. The molecule has 0 saturated heterocycles. The van der Waals surface area contributed by atoms with Crippen LogP contribution in [0.25, 0.3) is 0 Å². The number of halogens is 4. The van der Waals surface area contributed by atoms with E-state index in [-0.39, 0.29) is 35.6 Å². The number of amides is 2. The highest BCUT2D eigenvalue weighted by molar-refractivity contribution is 6.02. The fraction of sp³-hybridized carbons (Fsp3) is 0.531. The van der Waals surface area contributed by atoms with Crippen molar-refractivity contribution in [1.29, 1.82) is 0 Å². The molecule has 1 aliphatic heterocycles. The highest BCUT2D eigenvalue weighted by atomic mass is 19.4. The molecule has 3 rings (SSSR count). The maximum absolute atomic E-state index is 16.6. The molecule has 0 radical (unpaired) electrons. The third kappa shape index (κ3) is 9.09. The summed E-state index contributed by atoms with van der Waals surface area (Å²) < 4.78 is 73.9. The highest BCUT2D eigenvalue weighted by Gasteiger charge is 2.46. The van der Waals surface area contributed by atoms with E-state index in [1.54, 1.807) is 51.1 Å². The number of fused-ring (bicyclic) bond motifs is 1. The molecule has 1 heterocycles. The minimum Gasteiger partial charge on any atom is -0.487 e. The van der Waals surface area contributed by atoms with Crippen LogP contribution in [0, 0.1) is 11.7 Å². The first-order chi connectivity index (χ1) is 20.5. The molecule has 0 bridgehead atoms. The Kier molecular flexibility index (Phi) is 11.3. The number of nitrogens with zero attached hydrogens (tertiary/aromatic N) is 2. The summed E-state index contributed by atoms with van der Waals surface area (Å²) in [5, 5.41) is 0. The number of esters is 1. The molecule has 0 aromatic heterocycles. The summed E-state index contributed by atoms with van der Waals surface area (Å²) in [6.45, 7) is 7.82. The summed E-state index contributed by atoms with van der Waals surface area (Å²) >= 11 is 0. The second-order valence-electron chi connectivity index (χ2n) is 12.2. The molecule has 2 aromatic rings. The van der Waals surface area contributed by atoms with Crippen molar-refractivity contribution in [2.45, 2.75) is 91.3 Å². The van der Waals surface area contributed by atoms with Gasteiger partial charge in [-0.2, -0.15) is 13.2 Å². The Morgan fingerprint density at radius 1 is 1.09 bits per heavy atom. The highest BCUT2D eigenvalue weighted by Crippen LogP contribution is 2.42. The Morgan fingerprint density at radius 3 is 2.32 bits per heavy atom. The normalized spacial score (nSPS) is 15.1. The Morgan fingerprint density at radius 2 is 1.75 bits per heavy atom. The summed E-state index contributed by atoms with van der Waals surface area (Å²) in [6, 6.07) is 9.41. The zero-order valence-corrected chi connectivity index (χ0v) is 25.9. The molecule has 1 aliphatic rings. The SMILES string of the molecule is COC(=O)CN(C(=O)C(F)(F)F)c1c(OCc2ccccc2)cc2c(c1F)C[C@H](CCCC(C)C)N(C(=O)OC(C)(C)C)C2. The fourth-order valence-corrected chi connectivity index (χ4v) is 4.98. The molecule has 44 heavy (non-hydrogen) atoms. The number of hydrogen-bond acceptors (Lipinski definition) is 6. The zero-order chi connectivity index (χ0) is 32.8. The molecule has 242 valence electrons. The van der Waals surface area contributed by atoms with Gasteiger partial charge in [-0.25, -0.2) is 9.18 Å². The number of rotatable bonds is 10. The van der Waals surface area contributed by atoms with Crippen LogP contribution in [0.5, 0.6) is 5.75 Å². The molecule has 0 saturated carbocycles. The third-order valence-electron chi connectivity index (χ3n) is 7.08. The number of carbonyl (C=O) groups excluding carboxylic acids is 3. The van der Waals surface area contributed by atoms with Crippen LogP contribution >= 0.6 is 0 Å². The van der Waals surface area contributed by atoms with E-state index in [2.05, 4.69) is 18.6 Å². The van der Waals surface area contributed by atoms with Crippen LogP contribution in [0.1, 0.15) is 70.6 Å². The van der Waals surface area contributed by atoms with Gasteiger partial charge in [0.05, 0.1) is 7.11 Å². The van der Waals surface area contributed by atoms with E-state index in [9.17, 15) is 27.6 Å². The summed E-state index contributed by atoms with van der Waals surface area (Å²) in [4.78, 5) is 39.6. The van der Waals surface area contributed by atoms with Crippen LogP contribution in [-0.2, 0) is 38.6 Å². The Balaban J connectivity index is 2.17. The first-order valence-electron chi connectivity index (χ1n) is 14.5. The minimum absolute atomic E-state index is 0.00971. The van der Waals surface area contributed by atoms with Gasteiger partial charge in [0, 0.05) is 12.6 Å². The summed E-state index contributed by atoms with van der Waals surface area (Å²) in [6.07, 6.45) is -4.03. The van der Waals surface area contributed by atoms with Gasteiger partial charge in [0.15, 0.2) is 5.82 Å². The van der Waals surface area contributed by atoms with Crippen LogP contribution in [0.4, 0.5) is 28.0 Å². The number of benzene rings is 2. The summed E-state index contributed by atoms with van der Waals surface area (Å²) in [5.41, 5.74) is -0.674. The molecule has 8 nitrogen and oxygen atoms in total. The van der Waals surface area contributed by atoms with Gasteiger partial charge in [0.25, 0.3) is 0 Å².